The molecule has 4 heteroatoms. The van der Waals surface area contributed by atoms with Crippen LogP contribution in [0.4, 0.5) is 11.4 Å². The van der Waals surface area contributed by atoms with Crippen LogP contribution in [-0.4, -0.2) is 19.0 Å². The molecule has 4 nitrogen and oxygen atoms in total. The third-order valence-electron chi connectivity index (χ3n) is 3.44. The van der Waals surface area contributed by atoms with E-state index in [9.17, 15) is 10.1 Å². The Morgan fingerprint density at radius 2 is 2.32 bits per heavy atom. The molecule has 1 heterocycles. The molecule has 0 aromatic heterocycles. The SMILES string of the molecule is CC(=O)Nc1ccc(N2CCCC(C)C2)c(C#N)c1. The summed E-state index contributed by atoms with van der Waals surface area (Å²) in [7, 11) is 0. The van der Waals surface area contributed by atoms with Gasteiger partial charge in [0, 0.05) is 25.7 Å². The summed E-state index contributed by atoms with van der Waals surface area (Å²) in [5.74, 6) is 0.540. The number of piperidine rings is 1. The van der Waals surface area contributed by atoms with E-state index >= 15 is 0 Å². The van der Waals surface area contributed by atoms with Crippen molar-refractivity contribution in [3.05, 3.63) is 23.8 Å². The number of hydrogen-bond acceptors (Lipinski definition) is 3. The van der Waals surface area contributed by atoms with E-state index in [-0.39, 0.29) is 5.91 Å². The minimum Gasteiger partial charge on any atom is -0.370 e. The minimum atomic E-state index is -0.122. The first-order valence-corrected chi connectivity index (χ1v) is 6.67. The lowest BCUT2D eigenvalue weighted by Gasteiger charge is -2.33. The van der Waals surface area contributed by atoms with Crippen LogP contribution in [0.2, 0.25) is 0 Å². The molecule has 1 N–H and O–H groups in total. The molecule has 1 unspecified atom stereocenters. The van der Waals surface area contributed by atoms with Crippen LogP contribution in [-0.2, 0) is 4.79 Å². The van der Waals surface area contributed by atoms with E-state index in [1.165, 1.54) is 19.8 Å². The highest BCUT2D eigenvalue weighted by atomic mass is 16.1. The second-order valence-corrected chi connectivity index (χ2v) is 5.22. The number of amides is 1. The van der Waals surface area contributed by atoms with E-state index < -0.39 is 0 Å². The number of nitrogens with one attached hydrogen (secondary N) is 1. The predicted octanol–water partition coefficient (Wildman–Crippen LogP) is 2.75. The van der Waals surface area contributed by atoms with Gasteiger partial charge in [-0.15, -0.1) is 0 Å². The fourth-order valence-electron chi connectivity index (χ4n) is 2.59. The summed E-state index contributed by atoms with van der Waals surface area (Å²) in [4.78, 5) is 13.3. The monoisotopic (exact) mass is 257 g/mol. The molecule has 1 amide bonds. The van der Waals surface area contributed by atoms with Gasteiger partial charge in [0.25, 0.3) is 0 Å². The van der Waals surface area contributed by atoms with E-state index in [1.807, 2.05) is 12.1 Å². The average molecular weight is 257 g/mol. The lowest BCUT2D eigenvalue weighted by atomic mass is 9.99. The van der Waals surface area contributed by atoms with Crippen molar-refractivity contribution in [2.24, 2.45) is 5.92 Å². The topological polar surface area (TPSA) is 56.1 Å². The lowest BCUT2D eigenvalue weighted by Crippen LogP contribution is -2.34. The summed E-state index contributed by atoms with van der Waals surface area (Å²) < 4.78 is 0. The van der Waals surface area contributed by atoms with E-state index in [0.717, 1.165) is 18.8 Å². The summed E-state index contributed by atoms with van der Waals surface area (Å²) in [6, 6.07) is 7.76. The molecule has 1 aliphatic heterocycles. The van der Waals surface area contributed by atoms with Crippen molar-refractivity contribution in [3.8, 4) is 6.07 Å². The summed E-state index contributed by atoms with van der Waals surface area (Å²) >= 11 is 0. The van der Waals surface area contributed by atoms with Crippen LogP contribution in [0.15, 0.2) is 18.2 Å². The summed E-state index contributed by atoms with van der Waals surface area (Å²) in [5, 5.41) is 12.0. The summed E-state index contributed by atoms with van der Waals surface area (Å²) in [5.41, 5.74) is 2.28. The Labute approximate surface area is 114 Å². The van der Waals surface area contributed by atoms with E-state index in [0.29, 0.717) is 17.2 Å². The molecule has 0 aliphatic carbocycles. The molecule has 0 bridgehead atoms. The molecule has 1 aromatic rings. The molecule has 1 aromatic carbocycles. The first-order chi connectivity index (χ1) is 9.10. The minimum absolute atomic E-state index is 0.122. The zero-order valence-corrected chi connectivity index (χ0v) is 11.4. The Morgan fingerprint density at radius 1 is 1.53 bits per heavy atom. The van der Waals surface area contributed by atoms with Crippen LogP contribution in [0.25, 0.3) is 0 Å². The first kappa shape index (κ1) is 13.4. The van der Waals surface area contributed by atoms with Gasteiger partial charge in [0.05, 0.1) is 11.3 Å². The Morgan fingerprint density at radius 3 is 2.95 bits per heavy atom. The van der Waals surface area contributed by atoms with Gasteiger partial charge < -0.3 is 10.2 Å². The van der Waals surface area contributed by atoms with E-state index in [2.05, 4.69) is 23.2 Å². The number of hydrogen-bond donors (Lipinski definition) is 1. The largest absolute Gasteiger partial charge is 0.370 e. The maximum Gasteiger partial charge on any atom is 0.221 e. The summed E-state index contributed by atoms with van der Waals surface area (Å²) in [6.45, 7) is 5.70. The number of nitriles is 1. The van der Waals surface area contributed by atoms with Gasteiger partial charge in [-0.25, -0.2) is 0 Å². The molecular formula is C15H19N3O. The normalized spacial score (nSPS) is 18.8. The highest BCUT2D eigenvalue weighted by Gasteiger charge is 2.19. The molecule has 1 saturated heterocycles. The van der Waals surface area contributed by atoms with Crippen molar-refractivity contribution in [3.63, 3.8) is 0 Å². The lowest BCUT2D eigenvalue weighted by molar-refractivity contribution is -0.114. The molecule has 19 heavy (non-hydrogen) atoms. The first-order valence-electron chi connectivity index (χ1n) is 6.67. The van der Waals surface area contributed by atoms with Gasteiger partial charge in [-0.1, -0.05) is 6.92 Å². The fraction of sp³-hybridized carbons (Fsp3) is 0.467. The molecule has 1 fully saturated rings. The zero-order chi connectivity index (χ0) is 13.8. The van der Waals surface area contributed by atoms with Crippen LogP contribution in [0.5, 0.6) is 0 Å². The average Bonchev–Trinajstić information content (AvgIpc) is 2.37. The Kier molecular flexibility index (Phi) is 4.06. The number of anilines is 2. The zero-order valence-electron chi connectivity index (χ0n) is 11.4. The van der Waals surface area contributed by atoms with Crippen LogP contribution in [0.3, 0.4) is 0 Å². The third kappa shape index (κ3) is 3.25. The highest BCUT2D eigenvalue weighted by Crippen LogP contribution is 2.28. The van der Waals surface area contributed by atoms with Gasteiger partial charge in [0.2, 0.25) is 5.91 Å². The van der Waals surface area contributed by atoms with E-state index in [1.54, 1.807) is 6.07 Å². The van der Waals surface area contributed by atoms with Gasteiger partial charge in [0.15, 0.2) is 0 Å². The number of carbonyl (C=O) groups excluding carboxylic acids is 1. The van der Waals surface area contributed by atoms with Gasteiger partial charge in [0.1, 0.15) is 6.07 Å². The molecular weight excluding hydrogens is 238 g/mol. The Balaban J connectivity index is 2.25. The van der Waals surface area contributed by atoms with Gasteiger partial charge in [-0.05, 0) is 37.0 Å². The highest BCUT2D eigenvalue weighted by molar-refractivity contribution is 5.89. The van der Waals surface area contributed by atoms with Crippen LogP contribution < -0.4 is 10.2 Å². The molecule has 0 spiro atoms. The Hall–Kier alpha value is -2.02. The maximum absolute atomic E-state index is 11.0. The standard InChI is InChI=1S/C15H19N3O/c1-11-4-3-7-18(10-11)15-6-5-14(17-12(2)19)8-13(15)9-16/h5-6,8,11H,3-4,7,10H2,1-2H3,(H,17,19). The van der Waals surface area contributed by atoms with Crippen molar-refractivity contribution >= 4 is 17.3 Å². The molecule has 0 saturated carbocycles. The van der Waals surface area contributed by atoms with Crippen molar-refractivity contribution in [2.45, 2.75) is 26.7 Å². The quantitative estimate of drug-likeness (QED) is 0.886. The number of rotatable bonds is 2. The fourth-order valence-corrected chi connectivity index (χ4v) is 2.59. The second kappa shape index (κ2) is 5.75. The number of carbonyl (C=O) groups is 1. The van der Waals surface area contributed by atoms with Crippen LogP contribution in [0.1, 0.15) is 32.3 Å². The van der Waals surface area contributed by atoms with Gasteiger partial charge in [-0.3, -0.25) is 4.79 Å². The van der Waals surface area contributed by atoms with Gasteiger partial charge >= 0.3 is 0 Å². The summed E-state index contributed by atoms with van der Waals surface area (Å²) in [6.07, 6.45) is 2.42. The molecule has 0 radical (unpaired) electrons. The Bertz CT molecular complexity index is 519. The van der Waals surface area contributed by atoms with Gasteiger partial charge in [-0.2, -0.15) is 5.26 Å². The number of benzene rings is 1. The van der Waals surface area contributed by atoms with E-state index in [4.69, 9.17) is 0 Å². The van der Waals surface area contributed by atoms with Crippen molar-refractivity contribution < 1.29 is 4.79 Å². The smallest absolute Gasteiger partial charge is 0.221 e. The third-order valence-corrected chi connectivity index (χ3v) is 3.44. The van der Waals surface area contributed by atoms with Crippen molar-refractivity contribution in [1.82, 2.24) is 0 Å². The van der Waals surface area contributed by atoms with Crippen molar-refractivity contribution in [1.29, 1.82) is 5.26 Å². The number of nitrogens with zero attached hydrogens (tertiary/aromatic N) is 2. The van der Waals surface area contributed by atoms with Crippen molar-refractivity contribution in [2.75, 3.05) is 23.3 Å². The molecule has 1 aliphatic rings. The maximum atomic E-state index is 11.0. The van der Waals surface area contributed by atoms with Crippen LogP contribution >= 0.6 is 0 Å². The molecule has 1 atom stereocenters. The molecule has 100 valence electrons. The predicted molar refractivity (Wildman–Crippen MR) is 76.1 cm³/mol. The van der Waals surface area contributed by atoms with Crippen LogP contribution in [0, 0.1) is 17.2 Å². The second-order valence-electron chi connectivity index (χ2n) is 5.22. The molecule has 2 rings (SSSR count).